The van der Waals surface area contributed by atoms with Crippen LogP contribution in [0.2, 0.25) is 0 Å². The molecule has 0 spiro atoms. The predicted octanol–water partition coefficient (Wildman–Crippen LogP) is 2.72. The molecule has 21 heavy (non-hydrogen) atoms. The number of esters is 1. The lowest BCUT2D eigenvalue weighted by Gasteiger charge is -2.12. The molecule has 0 amide bonds. The smallest absolute Gasteiger partial charge is 0.416 e. The van der Waals surface area contributed by atoms with E-state index in [9.17, 15) is 22.2 Å². The van der Waals surface area contributed by atoms with Crippen LogP contribution in [0.1, 0.15) is 24.5 Å². The molecule has 0 aliphatic carbocycles. The van der Waals surface area contributed by atoms with Crippen LogP contribution in [-0.2, 0) is 25.2 Å². The normalized spacial score (nSPS) is 12.1. The van der Waals surface area contributed by atoms with Crippen LogP contribution in [0.5, 0.6) is 0 Å². The fourth-order valence-corrected chi connectivity index (χ4v) is 2.84. The Kier molecular flexibility index (Phi) is 5.44. The summed E-state index contributed by atoms with van der Waals surface area (Å²) in [6.07, 6.45) is -1.15. The van der Waals surface area contributed by atoms with Crippen molar-refractivity contribution in [3.05, 3.63) is 35.4 Å². The van der Waals surface area contributed by atoms with E-state index in [-0.39, 0.29) is 17.0 Å². The van der Waals surface area contributed by atoms with Gasteiger partial charge in [-0.2, -0.15) is 13.2 Å². The summed E-state index contributed by atoms with van der Waals surface area (Å²) in [5.41, 5.74) is -0.648. The Hall–Kier alpha value is -1.50. The average Bonchev–Trinajstić information content (AvgIpc) is 2.34. The number of alkyl halides is 3. The minimum Gasteiger partial charge on any atom is -0.462 e. The van der Waals surface area contributed by atoms with Gasteiger partial charge in [-0.15, -0.1) is 0 Å². The first-order valence-electron chi connectivity index (χ1n) is 6.23. The Balaban J connectivity index is 3.25. The van der Waals surface area contributed by atoms with Gasteiger partial charge in [-0.05, 0) is 33.6 Å². The summed E-state index contributed by atoms with van der Waals surface area (Å²) in [4.78, 5) is 11.9. The van der Waals surface area contributed by atoms with Crippen molar-refractivity contribution in [3.63, 3.8) is 0 Å². The molecule has 0 bridgehead atoms. The first kappa shape index (κ1) is 17.6. The maximum absolute atomic E-state index is 12.5. The van der Waals surface area contributed by atoms with E-state index >= 15 is 0 Å². The number of hydrogen-bond donors (Lipinski definition) is 0. The molecule has 0 heterocycles. The summed E-state index contributed by atoms with van der Waals surface area (Å²) < 4.78 is 54.7. The van der Waals surface area contributed by atoms with Gasteiger partial charge in [-0.1, -0.05) is 19.1 Å². The molecule has 0 aliphatic heterocycles. The summed E-state index contributed by atoms with van der Waals surface area (Å²) in [6.45, 7) is 1.97. The molecule has 118 valence electrons. The molecule has 1 rings (SSSR count). The fraction of sp³-hybridized carbons (Fsp3) is 0.429. The summed E-state index contributed by atoms with van der Waals surface area (Å²) in [7, 11) is -2.69. The molecule has 7 heteroatoms. The lowest BCUT2D eigenvalue weighted by atomic mass is 10.1. The van der Waals surface area contributed by atoms with Gasteiger partial charge in [0, 0.05) is 12.5 Å². The molecule has 0 unspecified atom stereocenters. The number of rotatable bonds is 4. The van der Waals surface area contributed by atoms with E-state index in [2.05, 4.69) is 0 Å². The quantitative estimate of drug-likeness (QED) is 0.486. The van der Waals surface area contributed by atoms with Crippen molar-refractivity contribution in [1.82, 2.24) is 0 Å². The summed E-state index contributed by atoms with van der Waals surface area (Å²) >= 11 is 0. The molecule has 0 N–H and O–H groups in total. The predicted molar refractivity (Wildman–Crippen MR) is 76.8 cm³/mol. The van der Waals surface area contributed by atoms with E-state index in [1.165, 1.54) is 12.5 Å². The Labute approximate surface area is 122 Å². The monoisotopic (exact) mass is 322 g/mol. The SMILES string of the molecule is CCCOC(=O)C(c1ccc(C(F)(F)F)cc1)=S(C)(C)=O. The highest BCUT2D eigenvalue weighted by molar-refractivity contribution is 8.02. The van der Waals surface area contributed by atoms with Crippen LogP contribution in [0.3, 0.4) is 0 Å². The molecule has 0 atom stereocenters. The van der Waals surface area contributed by atoms with Crippen LogP contribution in [0.15, 0.2) is 24.3 Å². The van der Waals surface area contributed by atoms with E-state index in [1.807, 2.05) is 0 Å². The summed E-state index contributed by atoms with van der Waals surface area (Å²) in [6, 6.07) is 3.98. The number of carbonyl (C=O) groups excluding carboxylic acids is 1. The molecule has 0 fully saturated rings. The van der Waals surface area contributed by atoms with Crippen LogP contribution in [0.4, 0.5) is 13.2 Å². The van der Waals surface area contributed by atoms with Gasteiger partial charge in [0.2, 0.25) is 0 Å². The summed E-state index contributed by atoms with van der Waals surface area (Å²) in [5.74, 6) is -0.758. The van der Waals surface area contributed by atoms with Gasteiger partial charge in [-0.25, -0.2) is 4.79 Å². The molecule has 0 saturated carbocycles. The number of hydrogen-bond acceptors (Lipinski definition) is 3. The Morgan fingerprint density at radius 3 is 2.10 bits per heavy atom. The third-order valence-electron chi connectivity index (χ3n) is 2.59. The molecule has 0 radical (unpaired) electrons. The van der Waals surface area contributed by atoms with Crippen LogP contribution in [0.25, 0.3) is 0 Å². The molecule has 3 nitrogen and oxygen atoms in total. The highest BCUT2D eigenvalue weighted by atomic mass is 32.2. The van der Waals surface area contributed by atoms with Gasteiger partial charge in [0.25, 0.3) is 0 Å². The molecule has 1 aromatic rings. The summed E-state index contributed by atoms with van der Waals surface area (Å²) in [5, 5.41) is 0. The van der Waals surface area contributed by atoms with Gasteiger partial charge < -0.3 is 4.74 Å². The highest BCUT2D eigenvalue weighted by Gasteiger charge is 2.30. The van der Waals surface area contributed by atoms with Crippen molar-refractivity contribution in [2.45, 2.75) is 19.5 Å². The zero-order valence-corrected chi connectivity index (χ0v) is 12.8. The maximum atomic E-state index is 12.5. The van der Waals surface area contributed by atoms with Crippen molar-refractivity contribution >= 4 is 20.4 Å². The Morgan fingerprint density at radius 1 is 1.19 bits per heavy atom. The van der Waals surface area contributed by atoms with Crippen molar-refractivity contribution in [3.8, 4) is 0 Å². The number of ether oxygens (including phenoxy) is 1. The van der Waals surface area contributed by atoms with Crippen LogP contribution >= 0.6 is 0 Å². The standard InChI is InChI=1S/C14H17F3O3S/c1-4-9-20-13(18)12(21(2,3)19)10-5-7-11(8-6-10)14(15,16)17/h5-8H,4,9H2,1-3H3. The van der Waals surface area contributed by atoms with Crippen LogP contribution in [-0.4, -0.2) is 34.2 Å². The lowest BCUT2D eigenvalue weighted by Crippen LogP contribution is -2.26. The average molecular weight is 322 g/mol. The number of halogens is 3. The Bertz CT molecular complexity index is 616. The van der Waals surface area contributed by atoms with E-state index in [0.717, 1.165) is 24.3 Å². The molecule has 0 saturated heterocycles. The second-order valence-corrected chi connectivity index (χ2v) is 7.65. The second kappa shape index (κ2) is 6.51. The van der Waals surface area contributed by atoms with Crippen molar-refractivity contribution in [2.75, 3.05) is 19.1 Å². The third-order valence-corrected chi connectivity index (χ3v) is 3.97. The van der Waals surface area contributed by atoms with Gasteiger partial charge in [0.15, 0.2) is 0 Å². The van der Waals surface area contributed by atoms with Crippen LogP contribution < -0.4 is 0 Å². The molecular weight excluding hydrogens is 305 g/mol. The second-order valence-electron chi connectivity index (χ2n) is 4.77. The molecule has 0 aliphatic rings. The minimum atomic E-state index is -4.46. The maximum Gasteiger partial charge on any atom is 0.416 e. The first-order chi connectivity index (χ1) is 9.57. The zero-order valence-electron chi connectivity index (χ0n) is 12.0. The van der Waals surface area contributed by atoms with Crippen molar-refractivity contribution < 1.29 is 26.9 Å². The lowest BCUT2D eigenvalue weighted by molar-refractivity contribution is -0.137. The Morgan fingerprint density at radius 2 is 1.71 bits per heavy atom. The highest BCUT2D eigenvalue weighted by Crippen LogP contribution is 2.29. The third kappa shape index (κ3) is 4.77. The molecule has 1 aromatic carbocycles. The number of benzene rings is 1. The van der Waals surface area contributed by atoms with Gasteiger partial charge in [0.05, 0.1) is 12.2 Å². The van der Waals surface area contributed by atoms with Gasteiger partial charge in [0.1, 0.15) is 4.86 Å². The van der Waals surface area contributed by atoms with Gasteiger partial charge >= 0.3 is 12.1 Å². The minimum absolute atomic E-state index is 0.0929. The van der Waals surface area contributed by atoms with Gasteiger partial charge in [-0.3, -0.25) is 4.21 Å². The van der Waals surface area contributed by atoms with E-state index in [0.29, 0.717) is 6.42 Å². The van der Waals surface area contributed by atoms with E-state index in [1.54, 1.807) is 6.92 Å². The largest absolute Gasteiger partial charge is 0.462 e. The topological polar surface area (TPSA) is 43.4 Å². The molecular formula is C14H17F3O3S. The van der Waals surface area contributed by atoms with E-state index in [4.69, 9.17) is 4.74 Å². The van der Waals surface area contributed by atoms with Crippen LogP contribution in [0, 0.1) is 0 Å². The fourth-order valence-electron chi connectivity index (χ4n) is 1.67. The number of carbonyl (C=O) groups is 1. The van der Waals surface area contributed by atoms with Crippen molar-refractivity contribution in [2.24, 2.45) is 0 Å². The molecule has 0 aromatic heterocycles. The zero-order chi connectivity index (χ0) is 16.3. The van der Waals surface area contributed by atoms with Crippen molar-refractivity contribution in [1.29, 1.82) is 0 Å². The first-order valence-corrected chi connectivity index (χ1v) is 8.60. The van der Waals surface area contributed by atoms with E-state index < -0.39 is 27.2 Å².